The quantitative estimate of drug-likeness (QED) is 0.768. The van der Waals surface area contributed by atoms with Crippen LogP contribution in [0.2, 0.25) is 0 Å². The molecule has 0 saturated carbocycles. The molecule has 4 nitrogen and oxygen atoms in total. The highest BCUT2D eigenvalue weighted by molar-refractivity contribution is 5.88. The van der Waals surface area contributed by atoms with E-state index in [0.717, 1.165) is 11.3 Å². The van der Waals surface area contributed by atoms with Gasteiger partial charge in [-0.15, -0.1) is 6.58 Å². The molecule has 0 aliphatic rings. The van der Waals surface area contributed by atoms with Gasteiger partial charge in [-0.2, -0.15) is 0 Å². The molecular formula is C11H15N3O. The van der Waals surface area contributed by atoms with Gasteiger partial charge in [-0.25, -0.2) is 9.97 Å². The number of carbonyl (C=O) groups is 1. The number of hydrogen-bond acceptors (Lipinski definition) is 3. The molecule has 0 radical (unpaired) electrons. The summed E-state index contributed by atoms with van der Waals surface area (Å²) in [7, 11) is 0. The Bertz CT molecular complexity index is 387. The Morgan fingerprint density at radius 2 is 2.27 bits per heavy atom. The molecule has 1 amide bonds. The summed E-state index contributed by atoms with van der Waals surface area (Å²) in [5, 5.41) is 2.69. The van der Waals surface area contributed by atoms with Crippen molar-refractivity contribution in [3.05, 3.63) is 30.2 Å². The van der Waals surface area contributed by atoms with Gasteiger partial charge in [0.25, 0.3) is 0 Å². The van der Waals surface area contributed by atoms with Crippen molar-refractivity contribution in [1.82, 2.24) is 9.97 Å². The van der Waals surface area contributed by atoms with E-state index in [-0.39, 0.29) is 11.8 Å². The minimum absolute atomic E-state index is 0.119. The van der Waals surface area contributed by atoms with Crippen LogP contribution in [0.3, 0.4) is 0 Å². The van der Waals surface area contributed by atoms with Crippen molar-refractivity contribution in [3.8, 4) is 0 Å². The maximum Gasteiger partial charge on any atom is 0.222 e. The van der Waals surface area contributed by atoms with Crippen LogP contribution in [0.15, 0.2) is 19.0 Å². The highest BCUT2D eigenvalue weighted by atomic mass is 16.1. The van der Waals surface area contributed by atoms with Gasteiger partial charge in [0.2, 0.25) is 5.91 Å². The van der Waals surface area contributed by atoms with E-state index in [4.69, 9.17) is 0 Å². The zero-order valence-corrected chi connectivity index (χ0v) is 9.24. The van der Waals surface area contributed by atoms with E-state index < -0.39 is 0 Å². The molecule has 0 fully saturated rings. The summed E-state index contributed by atoms with van der Waals surface area (Å²) in [4.78, 5) is 19.2. The molecule has 0 saturated heterocycles. The molecular weight excluding hydrogens is 190 g/mol. The molecule has 1 unspecified atom stereocenters. The van der Waals surface area contributed by atoms with Gasteiger partial charge in [-0.05, 0) is 6.92 Å². The average Bonchev–Trinajstić information content (AvgIpc) is 2.16. The zero-order valence-electron chi connectivity index (χ0n) is 9.24. The summed E-state index contributed by atoms with van der Waals surface area (Å²) in [6.07, 6.45) is 3.25. The number of aryl methyl sites for hydroxylation is 1. The second-order valence-electron chi connectivity index (χ2n) is 3.43. The second kappa shape index (κ2) is 4.68. The fraction of sp³-hybridized carbons (Fsp3) is 0.364. The van der Waals surface area contributed by atoms with Gasteiger partial charge in [0, 0.05) is 24.1 Å². The van der Waals surface area contributed by atoms with Crippen LogP contribution in [-0.4, -0.2) is 15.9 Å². The van der Waals surface area contributed by atoms with Gasteiger partial charge in [0.1, 0.15) is 12.1 Å². The average molecular weight is 205 g/mol. The summed E-state index contributed by atoms with van der Waals surface area (Å²) < 4.78 is 0. The Labute approximate surface area is 89.4 Å². The van der Waals surface area contributed by atoms with Crippen molar-refractivity contribution < 1.29 is 4.79 Å². The number of carbonyl (C=O) groups excluding carboxylic acids is 1. The number of anilines is 1. The molecule has 0 aliphatic heterocycles. The third-order valence-corrected chi connectivity index (χ3v) is 2.19. The number of aromatic nitrogens is 2. The van der Waals surface area contributed by atoms with Gasteiger partial charge in [-0.1, -0.05) is 13.0 Å². The molecule has 0 aromatic carbocycles. The maximum atomic E-state index is 11.0. The maximum absolute atomic E-state index is 11.0. The van der Waals surface area contributed by atoms with Crippen molar-refractivity contribution in [2.75, 3.05) is 5.32 Å². The summed E-state index contributed by atoms with van der Waals surface area (Å²) >= 11 is 0. The first-order valence-electron chi connectivity index (χ1n) is 4.78. The number of nitrogens with one attached hydrogen (secondary N) is 1. The van der Waals surface area contributed by atoms with E-state index in [2.05, 4.69) is 21.9 Å². The molecule has 15 heavy (non-hydrogen) atoms. The first kappa shape index (κ1) is 11.4. The van der Waals surface area contributed by atoms with Crippen molar-refractivity contribution in [3.63, 3.8) is 0 Å². The van der Waals surface area contributed by atoms with Gasteiger partial charge >= 0.3 is 0 Å². The number of allylic oxidation sites excluding steroid dienone is 1. The van der Waals surface area contributed by atoms with E-state index in [9.17, 15) is 4.79 Å². The standard InChI is InChI=1S/C11H15N3O/c1-5-7(2)10-8(3)12-6-13-11(10)14-9(4)15/h5-7H,1H2,2-4H3,(H,12,13,14,15). The van der Waals surface area contributed by atoms with E-state index in [1.807, 2.05) is 13.8 Å². The van der Waals surface area contributed by atoms with Crippen LogP contribution in [0.1, 0.15) is 31.0 Å². The molecule has 1 aromatic rings. The molecule has 1 atom stereocenters. The van der Waals surface area contributed by atoms with E-state index in [1.54, 1.807) is 6.08 Å². The number of nitrogens with zero attached hydrogens (tertiary/aromatic N) is 2. The van der Waals surface area contributed by atoms with Crippen molar-refractivity contribution in [1.29, 1.82) is 0 Å². The molecule has 0 bridgehead atoms. The molecule has 80 valence electrons. The smallest absolute Gasteiger partial charge is 0.222 e. The minimum Gasteiger partial charge on any atom is -0.311 e. The van der Waals surface area contributed by atoms with Crippen molar-refractivity contribution >= 4 is 11.7 Å². The fourth-order valence-corrected chi connectivity index (χ4v) is 1.41. The summed E-state index contributed by atoms with van der Waals surface area (Å²) in [6.45, 7) is 9.07. The number of amides is 1. The summed E-state index contributed by atoms with van der Waals surface area (Å²) in [5.41, 5.74) is 1.78. The lowest BCUT2D eigenvalue weighted by molar-refractivity contribution is -0.114. The van der Waals surface area contributed by atoms with Gasteiger partial charge < -0.3 is 5.32 Å². The van der Waals surface area contributed by atoms with E-state index in [1.165, 1.54) is 13.3 Å². The Hall–Kier alpha value is -1.71. The Morgan fingerprint density at radius 3 is 2.80 bits per heavy atom. The number of rotatable bonds is 3. The van der Waals surface area contributed by atoms with Gasteiger partial charge in [-0.3, -0.25) is 4.79 Å². The van der Waals surface area contributed by atoms with Crippen LogP contribution >= 0.6 is 0 Å². The SMILES string of the molecule is C=CC(C)c1c(C)ncnc1NC(C)=O. The van der Waals surface area contributed by atoms with Crippen LogP contribution in [0.5, 0.6) is 0 Å². The third-order valence-electron chi connectivity index (χ3n) is 2.19. The monoisotopic (exact) mass is 205 g/mol. The Balaban J connectivity index is 3.19. The fourth-order valence-electron chi connectivity index (χ4n) is 1.41. The van der Waals surface area contributed by atoms with Crippen LogP contribution in [-0.2, 0) is 4.79 Å². The van der Waals surface area contributed by atoms with E-state index >= 15 is 0 Å². The summed E-state index contributed by atoms with van der Waals surface area (Å²) in [5.74, 6) is 0.557. The van der Waals surface area contributed by atoms with Crippen LogP contribution < -0.4 is 5.32 Å². The van der Waals surface area contributed by atoms with Crippen LogP contribution in [0, 0.1) is 6.92 Å². The predicted molar refractivity (Wildman–Crippen MR) is 59.7 cm³/mol. The lowest BCUT2D eigenvalue weighted by Crippen LogP contribution is -2.12. The third kappa shape index (κ3) is 2.62. The van der Waals surface area contributed by atoms with E-state index in [0.29, 0.717) is 5.82 Å². The van der Waals surface area contributed by atoms with Gasteiger partial charge in [0.05, 0.1) is 0 Å². The Morgan fingerprint density at radius 1 is 1.60 bits per heavy atom. The topological polar surface area (TPSA) is 54.9 Å². The second-order valence-corrected chi connectivity index (χ2v) is 3.43. The number of hydrogen-bond donors (Lipinski definition) is 1. The highest BCUT2D eigenvalue weighted by Crippen LogP contribution is 2.25. The molecule has 4 heteroatoms. The summed E-state index contributed by atoms with van der Waals surface area (Å²) in [6, 6.07) is 0. The first-order chi connectivity index (χ1) is 7.06. The van der Waals surface area contributed by atoms with Crippen LogP contribution in [0.4, 0.5) is 5.82 Å². The molecule has 1 aromatic heterocycles. The lowest BCUT2D eigenvalue weighted by Gasteiger charge is -2.14. The Kier molecular flexibility index (Phi) is 3.55. The first-order valence-corrected chi connectivity index (χ1v) is 4.78. The largest absolute Gasteiger partial charge is 0.311 e. The predicted octanol–water partition coefficient (Wildman–Crippen LogP) is 2.03. The zero-order chi connectivity index (χ0) is 11.4. The molecule has 0 aliphatic carbocycles. The molecule has 1 N–H and O–H groups in total. The van der Waals surface area contributed by atoms with Crippen molar-refractivity contribution in [2.45, 2.75) is 26.7 Å². The van der Waals surface area contributed by atoms with Crippen LogP contribution in [0.25, 0.3) is 0 Å². The highest BCUT2D eigenvalue weighted by Gasteiger charge is 2.13. The normalized spacial score (nSPS) is 11.9. The molecule has 1 rings (SSSR count). The minimum atomic E-state index is -0.134. The molecule has 1 heterocycles. The lowest BCUT2D eigenvalue weighted by atomic mass is 10.0. The molecule has 0 spiro atoms. The van der Waals surface area contributed by atoms with Gasteiger partial charge in [0.15, 0.2) is 0 Å². The van der Waals surface area contributed by atoms with Crippen molar-refractivity contribution in [2.24, 2.45) is 0 Å².